The summed E-state index contributed by atoms with van der Waals surface area (Å²) in [6.07, 6.45) is 1.48. The second-order valence-corrected chi connectivity index (χ2v) is 6.10. The number of hydrogen-bond acceptors (Lipinski definition) is 4. The van der Waals surface area contributed by atoms with Crippen molar-refractivity contribution in [1.82, 2.24) is 9.97 Å². The van der Waals surface area contributed by atoms with Crippen LogP contribution in [0.1, 0.15) is 12.2 Å². The second-order valence-electron chi connectivity index (χ2n) is 4.87. The Bertz CT molecular complexity index is 857. The number of fused-ring (bicyclic) bond motifs is 1. The van der Waals surface area contributed by atoms with Gasteiger partial charge in [-0.3, -0.25) is 4.79 Å². The zero-order valence-electron chi connectivity index (χ0n) is 12.1. The molecule has 0 unspecified atom stereocenters. The number of aryl methyl sites for hydroxylation is 1. The molecule has 4 nitrogen and oxygen atoms in total. The van der Waals surface area contributed by atoms with Crippen LogP contribution in [-0.4, -0.2) is 23.0 Å². The van der Waals surface area contributed by atoms with Gasteiger partial charge < -0.3 is 9.72 Å². The number of ether oxygens (including phenoxy) is 1. The molecule has 1 N–H and O–H groups in total. The standard InChI is InChI=1S/C16H15ClN2O2S/c1-21-11-5-2-4-10(8-11)12-9-22-16-14(12)15(20)18-13(19-16)6-3-7-17/h2,4-5,8-9H,3,6-7H2,1H3,(H,18,19,20). The summed E-state index contributed by atoms with van der Waals surface area (Å²) >= 11 is 7.17. The van der Waals surface area contributed by atoms with E-state index in [1.807, 2.05) is 29.6 Å². The van der Waals surface area contributed by atoms with Crippen LogP contribution < -0.4 is 10.3 Å². The second kappa shape index (κ2) is 6.50. The van der Waals surface area contributed by atoms with Crippen molar-refractivity contribution in [2.24, 2.45) is 0 Å². The fourth-order valence-electron chi connectivity index (χ4n) is 2.35. The summed E-state index contributed by atoms with van der Waals surface area (Å²) in [5, 5.41) is 2.60. The van der Waals surface area contributed by atoms with Gasteiger partial charge in [-0.15, -0.1) is 22.9 Å². The number of alkyl halides is 1. The topological polar surface area (TPSA) is 55.0 Å². The lowest BCUT2D eigenvalue weighted by Crippen LogP contribution is -2.11. The first-order valence-corrected chi connectivity index (χ1v) is 8.35. The molecule has 114 valence electrons. The summed E-state index contributed by atoms with van der Waals surface area (Å²) in [5.74, 6) is 2.01. The van der Waals surface area contributed by atoms with Gasteiger partial charge in [-0.1, -0.05) is 12.1 Å². The largest absolute Gasteiger partial charge is 0.497 e. The molecule has 0 atom stereocenters. The maximum absolute atomic E-state index is 12.4. The molecule has 0 aliphatic carbocycles. The number of nitrogens with one attached hydrogen (secondary N) is 1. The van der Waals surface area contributed by atoms with E-state index in [0.717, 1.165) is 28.1 Å². The number of aromatic amines is 1. The maximum Gasteiger partial charge on any atom is 0.260 e. The Kier molecular flexibility index (Phi) is 4.45. The fourth-order valence-corrected chi connectivity index (χ4v) is 3.45. The van der Waals surface area contributed by atoms with Crippen molar-refractivity contribution in [3.8, 4) is 16.9 Å². The summed E-state index contributed by atoms with van der Waals surface area (Å²) in [5.41, 5.74) is 1.73. The first-order chi connectivity index (χ1) is 10.7. The van der Waals surface area contributed by atoms with Crippen molar-refractivity contribution < 1.29 is 4.74 Å². The Morgan fingerprint density at radius 2 is 2.27 bits per heavy atom. The van der Waals surface area contributed by atoms with Crippen LogP contribution >= 0.6 is 22.9 Å². The van der Waals surface area contributed by atoms with E-state index in [1.54, 1.807) is 7.11 Å². The number of methoxy groups -OCH3 is 1. The van der Waals surface area contributed by atoms with Gasteiger partial charge in [0.2, 0.25) is 0 Å². The molecule has 0 saturated carbocycles. The van der Waals surface area contributed by atoms with Crippen molar-refractivity contribution in [3.05, 3.63) is 45.8 Å². The monoisotopic (exact) mass is 334 g/mol. The van der Waals surface area contributed by atoms with Gasteiger partial charge in [-0.05, 0) is 24.1 Å². The molecular weight excluding hydrogens is 320 g/mol. The number of H-pyrrole nitrogens is 1. The van der Waals surface area contributed by atoms with E-state index in [4.69, 9.17) is 16.3 Å². The van der Waals surface area contributed by atoms with E-state index < -0.39 is 0 Å². The summed E-state index contributed by atoms with van der Waals surface area (Å²) in [7, 11) is 1.63. The van der Waals surface area contributed by atoms with Crippen molar-refractivity contribution >= 4 is 33.2 Å². The smallest absolute Gasteiger partial charge is 0.260 e. The van der Waals surface area contributed by atoms with Crippen LogP contribution in [0.4, 0.5) is 0 Å². The van der Waals surface area contributed by atoms with Crippen molar-refractivity contribution in [3.63, 3.8) is 0 Å². The van der Waals surface area contributed by atoms with E-state index in [-0.39, 0.29) is 5.56 Å². The number of hydrogen-bond donors (Lipinski definition) is 1. The Labute approximate surface area is 136 Å². The zero-order chi connectivity index (χ0) is 15.5. The maximum atomic E-state index is 12.4. The molecule has 2 aromatic heterocycles. The van der Waals surface area contributed by atoms with Crippen LogP contribution in [0.5, 0.6) is 5.75 Å². The molecule has 0 spiro atoms. The van der Waals surface area contributed by atoms with E-state index >= 15 is 0 Å². The van der Waals surface area contributed by atoms with Crippen molar-refractivity contribution in [1.29, 1.82) is 0 Å². The molecule has 0 saturated heterocycles. The minimum atomic E-state index is -0.103. The molecule has 0 fully saturated rings. The molecule has 2 heterocycles. The molecule has 1 aromatic carbocycles. The van der Waals surface area contributed by atoms with E-state index in [9.17, 15) is 4.79 Å². The average Bonchev–Trinajstić information content (AvgIpc) is 2.97. The fraction of sp³-hybridized carbons (Fsp3) is 0.250. The highest BCUT2D eigenvalue weighted by atomic mass is 35.5. The van der Waals surface area contributed by atoms with Gasteiger partial charge in [-0.25, -0.2) is 4.98 Å². The van der Waals surface area contributed by atoms with E-state index in [2.05, 4.69) is 9.97 Å². The molecule has 0 aliphatic heterocycles. The Morgan fingerprint density at radius 3 is 3.05 bits per heavy atom. The predicted octanol–water partition coefficient (Wildman–Crippen LogP) is 3.83. The summed E-state index contributed by atoms with van der Waals surface area (Å²) in [4.78, 5) is 20.6. The van der Waals surface area contributed by atoms with Gasteiger partial charge >= 0.3 is 0 Å². The summed E-state index contributed by atoms with van der Waals surface area (Å²) in [6.45, 7) is 0. The van der Waals surface area contributed by atoms with Crippen LogP contribution in [0, 0.1) is 0 Å². The molecule has 3 rings (SSSR count). The van der Waals surface area contributed by atoms with Crippen LogP contribution in [-0.2, 0) is 6.42 Å². The number of nitrogens with zero attached hydrogens (tertiary/aromatic N) is 1. The van der Waals surface area contributed by atoms with Crippen molar-refractivity contribution in [2.45, 2.75) is 12.8 Å². The van der Waals surface area contributed by atoms with Gasteiger partial charge in [-0.2, -0.15) is 0 Å². The van der Waals surface area contributed by atoms with Gasteiger partial charge in [0.1, 0.15) is 16.4 Å². The van der Waals surface area contributed by atoms with E-state index in [0.29, 0.717) is 23.5 Å². The number of benzene rings is 1. The summed E-state index contributed by atoms with van der Waals surface area (Å²) in [6, 6.07) is 7.67. The zero-order valence-corrected chi connectivity index (χ0v) is 13.6. The quantitative estimate of drug-likeness (QED) is 0.721. The predicted molar refractivity (Wildman–Crippen MR) is 91.3 cm³/mol. The van der Waals surface area contributed by atoms with Gasteiger partial charge in [0, 0.05) is 23.2 Å². The molecule has 0 aliphatic rings. The van der Waals surface area contributed by atoms with Gasteiger partial charge in [0.25, 0.3) is 5.56 Å². The normalized spacial score (nSPS) is 11.0. The minimum Gasteiger partial charge on any atom is -0.497 e. The van der Waals surface area contributed by atoms with Crippen LogP contribution in [0.25, 0.3) is 21.3 Å². The first kappa shape index (κ1) is 15.1. The van der Waals surface area contributed by atoms with E-state index in [1.165, 1.54) is 11.3 Å². The van der Waals surface area contributed by atoms with Crippen LogP contribution in [0.15, 0.2) is 34.4 Å². The lowest BCUT2D eigenvalue weighted by atomic mass is 10.1. The third-order valence-electron chi connectivity index (χ3n) is 3.42. The number of rotatable bonds is 5. The molecule has 6 heteroatoms. The molecule has 0 amide bonds. The molecule has 3 aromatic rings. The molecule has 22 heavy (non-hydrogen) atoms. The van der Waals surface area contributed by atoms with Gasteiger partial charge in [0.15, 0.2) is 0 Å². The highest BCUT2D eigenvalue weighted by Gasteiger charge is 2.13. The number of aromatic nitrogens is 2. The summed E-state index contributed by atoms with van der Waals surface area (Å²) < 4.78 is 5.25. The Hall–Kier alpha value is -1.85. The molecule has 0 radical (unpaired) electrons. The lowest BCUT2D eigenvalue weighted by molar-refractivity contribution is 0.415. The Balaban J connectivity index is 2.10. The van der Waals surface area contributed by atoms with Gasteiger partial charge in [0.05, 0.1) is 12.5 Å². The lowest BCUT2D eigenvalue weighted by Gasteiger charge is -2.04. The third-order valence-corrected chi connectivity index (χ3v) is 4.56. The average molecular weight is 335 g/mol. The minimum absolute atomic E-state index is 0.103. The molecule has 0 bridgehead atoms. The first-order valence-electron chi connectivity index (χ1n) is 6.93. The SMILES string of the molecule is COc1cccc(-c2csc3nc(CCCCl)[nH]c(=O)c23)c1. The number of halogens is 1. The third kappa shape index (κ3) is 2.87. The number of thiophene rings is 1. The van der Waals surface area contributed by atoms with Crippen LogP contribution in [0.3, 0.4) is 0 Å². The highest BCUT2D eigenvalue weighted by molar-refractivity contribution is 7.17. The Morgan fingerprint density at radius 1 is 1.41 bits per heavy atom. The van der Waals surface area contributed by atoms with Crippen molar-refractivity contribution in [2.75, 3.05) is 13.0 Å². The van der Waals surface area contributed by atoms with Crippen LogP contribution in [0.2, 0.25) is 0 Å². The molecular formula is C16H15ClN2O2S. The highest BCUT2D eigenvalue weighted by Crippen LogP contribution is 2.32.